The lowest BCUT2D eigenvalue weighted by molar-refractivity contribution is 0.196. The van der Waals surface area contributed by atoms with Crippen LogP contribution in [0.15, 0.2) is 18.2 Å². The Morgan fingerprint density at radius 2 is 2.00 bits per heavy atom. The van der Waals surface area contributed by atoms with Gasteiger partial charge in [-0.05, 0) is 31.9 Å². The summed E-state index contributed by atoms with van der Waals surface area (Å²) in [5.74, 6) is 0.615. The second-order valence-electron chi connectivity index (χ2n) is 3.89. The van der Waals surface area contributed by atoms with E-state index in [0.29, 0.717) is 12.3 Å². The predicted octanol–water partition coefficient (Wildman–Crippen LogP) is 1.74. The number of carbonyl (C=O) groups is 1. The summed E-state index contributed by atoms with van der Waals surface area (Å²) >= 11 is 0. The molecule has 3 N–H and O–H groups in total. The maximum atomic E-state index is 11.5. The lowest BCUT2D eigenvalue weighted by Gasteiger charge is -2.14. The van der Waals surface area contributed by atoms with Crippen molar-refractivity contribution >= 4 is 6.09 Å². The molecule has 0 radical (unpaired) electrons. The Bertz CT molecular complexity index is 357. The molecule has 1 rings (SSSR count). The Morgan fingerprint density at radius 3 is 2.50 bits per heavy atom. The van der Waals surface area contributed by atoms with E-state index in [-0.39, 0.29) is 6.04 Å². The van der Waals surface area contributed by atoms with E-state index in [1.165, 1.54) is 0 Å². The third kappa shape index (κ3) is 3.24. The van der Waals surface area contributed by atoms with E-state index in [9.17, 15) is 4.79 Å². The number of hydrogen-bond acceptors (Lipinski definition) is 3. The fourth-order valence-electron chi connectivity index (χ4n) is 1.34. The molecular weight excluding hydrogens is 204 g/mol. The zero-order valence-electron chi connectivity index (χ0n) is 9.91. The number of aryl methyl sites for hydroxylation is 2. The fraction of sp³-hybridized carbons (Fsp3) is 0.417. The maximum absolute atomic E-state index is 11.5. The van der Waals surface area contributed by atoms with E-state index >= 15 is 0 Å². The van der Waals surface area contributed by atoms with Crippen LogP contribution in [0.5, 0.6) is 5.75 Å². The van der Waals surface area contributed by atoms with Crippen LogP contribution in [0.1, 0.15) is 18.1 Å². The lowest BCUT2D eigenvalue weighted by Crippen LogP contribution is -2.39. The van der Waals surface area contributed by atoms with Gasteiger partial charge in [0.2, 0.25) is 0 Å². The van der Waals surface area contributed by atoms with Gasteiger partial charge in [0.05, 0.1) is 0 Å². The normalized spacial score (nSPS) is 12.0. The first kappa shape index (κ1) is 12.5. The second kappa shape index (κ2) is 5.51. The number of amides is 1. The van der Waals surface area contributed by atoms with E-state index < -0.39 is 6.09 Å². The number of benzene rings is 1. The number of ether oxygens (including phenoxy) is 1. The summed E-state index contributed by atoms with van der Waals surface area (Å²) in [4.78, 5) is 11.5. The average Bonchev–Trinajstić information content (AvgIpc) is 2.23. The van der Waals surface area contributed by atoms with Gasteiger partial charge in [-0.15, -0.1) is 0 Å². The van der Waals surface area contributed by atoms with E-state index in [1.807, 2.05) is 39.0 Å². The summed E-state index contributed by atoms with van der Waals surface area (Å²) in [6.07, 6.45) is -0.463. The van der Waals surface area contributed by atoms with Crippen molar-refractivity contribution < 1.29 is 9.53 Å². The summed E-state index contributed by atoms with van der Waals surface area (Å²) in [6, 6.07) is 5.65. The Balaban J connectivity index is 2.70. The number of carbonyl (C=O) groups excluding carboxylic acids is 1. The van der Waals surface area contributed by atoms with E-state index in [0.717, 1.165) is 11.1 Å². The summed E-state index contributed by atoms with van der Waals surface area (Å²) in [6.45, 7) is 6.03. The molecule has 4 heteroatoms. The Labute approximate surface area is 95.8 Å². The first-order valence-corrected chi connectivity index (χ1v) is 5.29. The van der Waals surface area contributed by atoms with Gasteiger partial charge in [-0.3, -0.25) is 0 Å². The van der Waals surface area contributed by atoms with Crippen molar-refractivity contribution in [1.29, 1.82) is 0 Å². The minimum atomic E-state index is -0.463. The van der Waals surface area contributed by atoms with Crippen molar-refractivity contribution in [2.75, 3.05) is 6.54 Å². The summed E-state index contributed by atoms with van der Waals surface area (Å²) in [5.41, 5.74) is 7.28. The first-order chi connectivity index (χ1) is 7.54. The molecule has 1 amide bonds. The van der Waals surface area contributed by atoms with Crippen LogP contribution in [0.25, 0.3) is 0 Å². The zero-order valence-corrected chi connectivity index (χ0v) is 9.91. The SMILES string of the molecule is Cc1cccc(C)c1OC(=O)NC(C)CN. The van der Waals surface area contributed by atoms with Gasteiger partial charge in [-0.2, -0.15) is 0 Å². The highest BCUT2D eigenvalue weighted by Crippen LogP contribution is 2.22. The molecule has 0 bridgehead atoms. The van der Waals surface area contributed by atoms with E-state index in [2.05, 4.69) is 5.32 Å². The molecular formula is C12H18N2O2. The molecule has 1 aromatic carbocycles. The van der Waals surface area contributed by atoms with Crippen LogP contribution < -0.4 is 15.8 Å². The van der Waals surface area contributed by atoms with Gasteiger partial charge in [0.15, 0.2) is 0 Å². The first-order valence-electron chi connectivity index (χ1n) is 5.29. The minimum absolute atomic E-state index is 0.0863. The second-order valence-corrected chi connectivity index (χ2v) is 3.89. The van der Waals surface area contributed by atoms with Gasteiger partial charge in [-0.25, -0.2) is 4.79 Å². The van der Waals surface area contributed by atoms with Crippen molar-refractivity contribution in [3.05, 3.63) is 29.3 Å². The highest BCUT2D eigenvalue weighted by Gasteiger charge is 2.11. The molecule has 0 spiro atoms. The smallest absolute Gasteiger partial charge is 0.410 e. The number of para-hydroxylation sites is 1. The summed E-state index contributed by atoms with van der Waals surface area (Å²) < 4.78 is 5.24. The largest absolute Gasteiger partial charge is 0.412 e. The Morgan fingerprint density at radius 1 is 1.44 bits per heavy atom. The summed E-state index contributed by atoms with van der Waals surface area (Å²) in [5, 5.41) is 2.65. The van der Waals surface area contributed by atoms with Crippen LogP contribution in [0, 0.1) is 13.8 Å². The third-order valence-corrected chi connectivity index (χ3v) is 2.32. The topological polar surface area (TPSA) is 64.3 Å². The molecule has 0 saturated carbocycles. The van der Waals surface area contributed by atoms with Crippen LogP contribution in [-0.4, -0.2) is 18.7 Å². The van der Waals surface area contributed by atoms with Gasteiger partial charge in [0.25, 0.3) is 0 Å². The van der Waals surface area contributed by atoms with Gasteiger partial charge >= 0.3 is 6.09 Å². The van der Waals surface area contributed by atoms with Crippen LogP contribution in [0.3, 0.4) is 0 Å². The van der Waals surface area contributed by atoms with E-state index in [1.54, 1.807) is 0 Å². The monoisotopic (exact) mass is 222 g/mol. The van der Waals surface area contributed by atoms with Crippen LogP contribution >= 0.6 is 0 Å². The van der Waals surface area contributed by atoms with Gasteiger partial charge in [0.1, 0.15) is 5.75 Å². The number of rotatable bonds is 3. The molecule has 0 aliphatic heterocycles. The molecule has 1 unspecified atom stereocenters. The molecule has 1 atom stereocenters. The zero-order chi connectivity index (χ0) is 12.1. The minimum Gasteiger partial charge on any atom is -0.410 e. The van der Waals surface area contributed by atoms with Crippen LogP contribution in [-0.2, 0) is 0 Å². The lowest BCUT2D eigenvalue weighted by atomic mass is 10.1. The molecule has 0 fully saturated rings. The van der Waals surface area contributed by atoms with Gasteiger partial charge in [-0.1, -0.05) is 18.2 Å². The van der Waals surface area contributed by atoms with Crippen LogP contribution in [0.4, 0.5) is 4.79 Å². The molecule has 16 heavy (non-hydrogen) atoms. The Hall–Kier alpha value is -1.55. The van der Waals surface area contributed by atoms with E-state index in [4.69, 9.17) is 10.5 Å². The van der Waals surface area contributed by atoms with Crippen molar-refractivity contribution in [3.8, 4) is 5.75 Å². The third-order valence-electron chi connectivity index (χ3n) is 2.32. The summed E-state index contributed by atoms with van der Waals surface area (Å²) in [7, 11) is 0. The molecule has 1 aromatic rings. The van der Waals surface area contributed by atoms with Crippen molar-refractivity contribution in [3.63, 3.8) is 0 Å². The van der Waals surface area contributed by atoms with Crippen molar-refractivity contribution in [2.24, 2.45) is 5.73 Å². The molecule has 0 heterocycles. The molecule has 0 aliphatic carbocycles. The predicted molar refractivity (Wildman–Crippen MR) is 63.6 cm³/mol. The van der Waals surface area contributed by atoms with Gasteiger partial charge in [0, 0.05) is 12.6 Å². The van der Waals surface area contributed by atoms with Crippen molar-refractivity contribution in [2.45, 2.75) is 26.8 Å². The highest BCUT2D eigenvalue weighted by atomic mass is 16.6. The molecule has 88 valence electrons. The van der Waals surface area contributed by atoms with Crippen LogP contribution in [0.2, 0.25) is 0 Å². The quantitative estimate of drug-likeness (QED) is 0.818. The molecule has 0 aliphatic rings. The maximum Gasteiger partial charge on any atom is 0.412 e. The molecule has 0 aromatic heterocycles. The standard InChI is InChI=1S/C12H18N2O2/c1-8-5-4-6-9(2)11(8)16-12(15)14-10(3)7-13/h4-6,10H,7,13H2,1-3H3,(H,14,15). The number of nitrogens with two attached hydrogens (primary N) is 1. The highest BCUT2D eigenvalue weighted by molar-refractivity contribution is 5.71. The number of hydrogen-bond donors (Lipinski definition) is 2. The average molecular weight is 222 g/mol. The molecule has 4 nitrogen and oxygen atoms in total. The number of nitrogens with one attached hydrogen (secondary N) is 1. The Kier molecular flexibility index (Phi) is 4.31. The van der Waals surface area contributed by atoms with Gasteiger partial charge < -0.3 is 15.8 Å². The van der Waals surface area contributed by atoms with Crippen molar-refractivity contribution in [1.82, 2.24) is 5.32 Å². The fourth-order valence-corrected chi connectivity index (χ4v) is 1.34. The molecule has 0 saturated heterocycles.